The van der Waals surface area contributed by atoms with Gasteiger partial charge in [0.2, 0.25) is 0 Å². The van der Waals surface area contributed by atoms with Crippen molar-refractivity contribution in [1.29, 1.82) is 0 Å². The largest absolute Gasteiger partial charge is 0.491 e. The van der Waals surface area contributed by atoms with Crippen LogP contribution in [-0.4, -0.2) is 66.9 Å². The second-order valence-corrected chi connectivity index (χ2v) is 6.61. The number of morpholine rings is 1. The van der Waals surface area contributed by atoms with Crippen LogP contribution in [0.15, 0.2) is 12.1 Å². The maximum Gasteiger partial charge on any atom is 0.145 e. The van der Waals surface area contributed by atoms with Gasteiger partial charge < -0.3 is 20.3 Å². The van der Waals surface area contributed by atoms with Crippen LogP contribution in [0.4, 0.5) is 5.69 Å². The monoisotopic (exact) mass is 319 g/mol. The van der Waals surface area contributed by atoms with E-state index >= 15 is 0 Å². The molecule has 6 nitrogen and oxygen atoms in total. The van der Waals surface area contributed by atoms with E-state index in [4.69, 9.17) is 15.2 Å². The number of benzene rings is 1. The number of fused-ring (bicyclic) bond motifs is 1. The second kappa shape index (κ2) is 6.28. The number of nitrogen functional groups attached to an aromatic ring is 1. The summed E-state index contributed by atoms with van der Waals surface area (Å²) in [5.41, 5.74) is 8.67. The summed E-state index contributed by atoms with van der Waals surface area (Å²) in [4.78, 5) is 4.66. The highest BCUT2D eigenvalue weighted by molar-refractivity contribution is 5.61. The van der Waals surface area contributed by atoms with Crippen LogP contribution in [0.25, 0.3) is 0 Å². The Balaban J connectivity index is 1.48. The van der Waals surface area contributed by atoms with E-state index in [1.54, 1.807) is 0 Å². The van der Waals surface area contributed by atoms with Gasteiger partial charge in [0.25, 0.3) is 0 Å². The van der Waals surface area contributed by atoms with E-state index in [0.29, 0.717) is 18.3 Å². The fourth-order valence-electron chi connectivity index (χ4n) is 4.01. The standard InChI is InChI=1S/C17H25N3O3/c18-15-2-1-14(13-4-8-23-16(13)15)17(21)20-5-3-12(11-20)19-6-9-22-10-7-19/h1-2,12,17,21H,3-11,18H2. The van der Waals surface area contributed by atoms with Crippen LogP contribution in [0.1, 0.15) is 23.8 Å². The Morgan fingerprint density at radius 1 is 1.17 bits per heavy atom. The van der Waals surface area contributed by atoms with E-state index in [0.717, 1.165) is 69.1 Å². The number of hydrogen-bond donors (Lipinski definition) is 2. The van der Waals surface area contributed by atoms with Gasteiger partial charge in [-0.15, -0.1) is 0 Å². The molecule has 4 rings (SSSR count). The first-order chi connectivity index (χ1) is 11.2. The average molecular weight is 319 g/mol. The van der Waals surface area contributed by atoms with Crippen molar-refractivity contribution in [2.45, 2.75) is 25.1 Å². The van der Waals surface area contributed by atoms with Crippen LogP contribution in [-0.2, 0) is 11.2 Å². The minimum Gasteiger partial charge on any atom is -0.491 e. The summed E-state index contributed by atoms with van der Waals surface area (Å²) in [7, 11) is 0. The molecule has 0 radical (unpaired) electrons. The normalized spacial score (nSPS) is 26.9. The van der Waals surface area contributed by atoms with Gasteiger partial charge in [0.05, 0.1) is 25.5 Å². The lowest BCUT2D eigenvalue weighted by Gasteiger charge is -2.32. The minimum atomic E-state index is -0.572. The first-order valence-corrected chi connectivity index (χ1v) is 8.52. The third-order valence-electron chi connectivity index (χ3n) is 5.31. The highest BCUT2D eigenvalue weighted by Gasteiger charge is 2.34. The molecule has 2 saturated heterocycles. The quantitative estimate of drug-likeness (QED) is 0.795. The Morgan fingerprint density at radius 2 is 2.00 bits per heavy atom. The summed E-state index contributed by atoms with van der Waals surface area (Å²) in [6, 6.07) is 4.32. The number of anilines is 1. The molecule has 3 N–H and O–H groups in total. The van der Waals surface area contributed by atoms with E-state index in [1.165, 1.54) is 0 Å². The maximum atomic E-state index is 10.9. The van der Waals surface area contributed by atoms with Crippen LogP contribution in [0, 0.1) is 0 Å². The van der Waals surface area contributed by atoms with Crippen molar-refractivity contribution < 1.29 is 14.6 Å². The number of hydrogen-bond acceptors (Lipinski definition) is 6. The van der Waals surface area contributed by atoms with Crippen LogP contribution >= 0.6 is 0 Å². The molecule has 1 aromatic carbocycles. The van der Waals surface area contributed by atoms with Crippen LogP contribution < -0.4 is 10.5 Å². The SMILES string of the molecule is Nc1ccc(C(O)N2CCC(N3CCOCC3)C2)c2c1OCC2. The zero-order chi connectivity index (χ0) is 15.8. The van der Waals surface area contributed by atoms with Crippen LogP contribution in [0.3, 0.4) is 0 Å². The zero-order valence-electron chi connectivity index (χ0n) is 13.4. The van der Waals surface area contributed by atoms with E-state index < -0.39 is 6.23 Å². The number of aliphatic hydroxyl groups is 1. The van der Waals surface area contributed by atoms with Gasteiger partial charge in [-0.3, -0.25) is 9.80 Å². The third-order valence-corrected chi connectivity index (χ3v) is 5.31. The average Bonchev–Trinajstić information content (AvgIpc) is 3.25. The molecule has 0 aromatic heterocycles. The molecule has 0 amide bonds. The van der Waals surface area contributed by atoms with Crippen LogP contribution in [0.5, 0.6) is 5.75 Å². The fourth-order valence-corrected chi connectivity index (χ4v) is 4.01. The van der Waals surface area contributed by atoms with E-state index in [-0.39, 0.29) is 0 Å². The van der Waals surface area contributed by atoms with Gasteiger partial charge in [0.15, 0.2) is 0 Å². The number of aliphatic hydroxyl groups excluding tert-OH is 1. The summed E-state index contributed by atoms with van der Waals surface area (Å²) in [6.07, 6.45) is 1.36. The van der Waals surface area contributed by atoms with Crippen LogP contribution in [0.2, 0.25) is 0 Å². The molecule has 0 bridgehead atoms. The third kappa shape index (κ3) is 2.80. The van der Waals surface area contributed by atoms with E-state index in [2.05, 4.69) is 9.80 Å². The minimum absolute atomic E-state index is 0.520. The van der Waals surface area contributed by atoms with Crippen molar-refractivity contribution >= 4 is 5.69 Å². The molecule has 2 atom stereocenters. The predicted octanol–water partition coefficient (Wildman–Crippen LogP) is 0.601. The molecule has 0 saturated carbocycles. The van der Waals surface area contributed by atoms with E-state index in [9.17, 15) is 5.11 Å². The van der Waals surface area contributed by atoms with Gasteiger partial charge in [-0.2, -0.15) is 0 Å². The lowest BCUT2D eigenvalue weighted by atomic mass is 10.0. The summed E-state index contributed by atoms with van der Waals surface area (Å²) < 4.78 is 11.1. The Bertz CT molecular complexity index is 574. The molecule has 1 aromatic rings. The van der Waals surface area contributed by atoms with Gasteiger partial charge in [0.1, 0.15) is 12.0 Å². The van der Waals surface area contributed by atoms with Gasteiger partial charge in [-0.05, 0) is 12.5 Å². The van der Waals surface area contributed by atoms with Crippen molar-refractivity contribution in [3.63, 3.8) is 0 Å². The number of likely N-dealkylation sites (tertiary alicyclic amines) is 1. The van der Waals surface area contributed by atoms with Crippen molar-refractivity contribution in [3.8, 4) is 5.75 Å². The second-order valence-electron chi connectivity index (χ2n) is 6.61. The predicted molar refractivity (Wildman–Crippen MR) is 87.4 cm³/mol. The molecule has 3 aliphatic rings. The molecule has 0 spiro atoms. The number of nitrogens with zero attached hydrogens (tertiary/aromatic N) is 2. The van der Waals surface area contributed by atoms with Crippen molar-refractivity contribution in [2.75, 3.05) is 51.7 Å². The van der Waals surface area contributed by atoms with E-state index in [1.807, 2.05) is 12.1 Å². The molecule has 23 heavy (non-hydrogen) atoms. The van der Waals surface area contributed by atoms with Gasteiger partial charge >= 0.3 is 0 Å². The molecule has 2 unspecified atom stereocenters. The Labute approximate surface area is 136 Å². The molecular weight excluding hydrogens is 294 g/mol. The molecule has 0 aliphatic carbocycles. The highest BCUT2D eigenvalue weighted by atomic mass is 16.5. The van der Waals surface area contributed by atoms with Crippen molar-refractivity contribution in [3.05, 3.63) is 23.3 Å². The Hall–Kier alpha value is -1.34. The van der Waals surface area contributed by atoms with Gasteiger partial charge in [0, 0.05) is 49.8 Å². The Kier molecular flexibility index (Phi) is 4.15. The van der Waals surface area contributed by atoms with Gasteiger partial charge in [-0.25, -0.2) is 0 Å². The number of nitrogens with two attached hydrogens (primary N) is 1. The molecule has 3 heterocycles. The number of rotatable bonds is 3. The number of ether oxygens (including phenoxy) is 2. The molecule has 6 heteroatoms. The van der Waals surface area contributed by atoms with Gasteiger partial charge in [-0.1, -0.05) is 6.07 Å². The lowest BCUT2D eigenvalue weighted by Crippen LogP contribution is -2.45. The first kappa shape index (κ1) is 15.2. The summed E-state index contributed by atoms with van der Waals surface area (Å²) in [5, 5.41) is 10.9. The molecule has 3 aliphatic heterocycles. The first-order valence-electron chi connectivity index (χ1n) is 8.52. The fraction of sp³-hybridized carbons (Fsp3) is 0.647. The smallest absolute Gasteiger partial charge is 0.145 e. The topological polar surface area (TPSA) is 71.2 Å². The molecular formula is C17H25N3O3. The summed E-state index contributed by atoms with van der Waals surface area (Å²) in [5.74, 6) is 0.769. The zero-order valence-corrected chi connectivity index (χ0v) is 13.4. The van der Waals surface area contributed by atoms with Crippen molar-refractivity contribution in [1.82, 2.24) is 9.80 Å². The maximum absolute atomic E-state index is 10.9. The Morgan fingerprint density at radius 3 is 2.83 bits per heavy atom. The molecule has 2 fully saturated rings. The lowest BCUT2D eigenvalue weighted by molar-refractivity contribution is -0.00284. The summed E-state index contributed by atoms with van der Waals surface area (Å²) in [6.45, 7) is 6.12. The highest BCUT2D eigenvalue weighted by Crippen LogP contribution is 2.38. The molecule has 126 valence electrons. The van der Waals surface area contributed by atoms with Crippen molar-refractivity contribution in [2.24, 2.45) is 0 Å². The summed E-state index contributed by atoms with van der Waals surface area (Å²) >= 11 is 0.